The summed E-state index contributed by atoms with van der Waals surface area (Å²) in [6, 6.07) is 17.8. The molecule has 0 bridgehead atoms. The number of anilines is 1. The molecule has 0 spiro atoms. The van der Waals surface area contributed by atoms with E-state index in [1.165, 1.54) is 6.08 Å². The van der Waals surface area contributed by atoms with Crippen LogP contribution in [0.3, 0.4) is 0 Å². The van der Waals surface area contributed by atoms with Crippen molar-refractivity contribution >= 4 is 32.6 Å². The predicted molar refractivity (Wildman–Crippen MR) is 140 cm³/mol. The zero-order valence-electron chi connectivity index (χ0n) is 20.4. The molecule has 0 radical (unpaired) electrons. The normalized spacial score (nSPS) is 20.9. The molecule has 4 rings (SSSR count). The first kappa shape index (κ1) is 25.9. The third-order valence-electron chi connectivity index (χ3n) is 6.47. The van der Waals surface area contributed by atoms with E-state index in [-0.39, 0.29) is 19.6 Å². The van der Waals surface area contributed by atoms with Crippen molar-refractivity contribution in [3.05, 3.63) is 59.1 Å². The van der Waals surface area contributed by atoms with E-state index < -0.39 is 33.2 Å². The molecule has 1 aliphatic rings. The largest absolute Gasteiger partial charge is 0.390 e. The number of hydrogen-bond donors (Lipinski definition) is 3. The van der Waals surface area contributed by atoms with E-state index in [1.54, 1.807) is 12.1 Å². The molecule has 0 unspecified atom stereocenters. The van der Waals surface area contributed by atoms with Crippen LogP contribution in [0.25, 0.3) is 28.1 Å². The van der Waals surface area contributed by atoms with E-state index in [4.69, 9.17) is 4.74 Å². The first-order valence-corrected chi connectivity index (χ1v) is 13.1. The van der Waals surface area contributed by atoms with Gasteiger partial charge >= 0.3 is 0 Å². The summed E-state index contributed by atoms with van der Waals surface area (Å²) in [7, 11) is 1.64. The zero-order chi connectivity index (χ0) is 26.0. The number of aliphatic hydroxyl groups is 2. The Kier molecular flexibility index (Phi) is 7.49. The molecule has 3 atom stereocenters. The molecule has 1 fully saturated rings. The van der Waals surface area contributed by atoms with E-state index in [0.29, 0.717) is 5.69 Å². The first-order valence-electron chi connectivity index (χ1n) is 11.6. The maximum absolute atomic E-state index is 12.8. The summed E-state index contributed by atoms with van der Waals surface area (Å²) in [5.41, 5.74) is 3.49. The minimum Gasteiger partial charge on any atom is -0.390 e. The predicted octanol–water partition coefficient (Wildman–Crippen LogP) is 2.21. The second-order valence-electron chi connectivity index (χ2n) is 9.07. The van der Waals surface area contributed by atoms with Crippen molar-refractivity contribution in [2.45, 2.75) is 24.7 Å². The molecule has 1 saturated heterocycles. The number of aliphatic hydroxyl groups excluding tert-OH is 2. The molecule has 9 nitrogen and oxygen atoms in total. The maximum atomic E-state index is 12.8. The number of allylic oxidation sites excluding steroid dienone is 1. The number of fused-ring (bicyclic) bond motifs is 1. The van der Waals surface area contributed by atoms with Crippen LogP contribution in [0.1, 0.15) is 12.1 Å². The Hall–Kier alpha value is -3.20. The molecule has 10 heteroatoms. The average Bonchev–Trinajstić information content (AvgIpc) is 3.22. The smallest absolute Gasteiger partial charge is 0.250 e. The van der Waals surface area contributed by atoms with E-state index in [2.05, 4.69) is 29.0 Å². The molecule has 2 aromatic carbocycles. The van der Waals surface area contributed by atoms with Crippen LogP contribution in [0.2, 0.25) is 0 Å². The van der Waals surface area contributed by atoms with Gasteiger partial charge in [-0.3, -0.25) is 0 Å². The lowest BCUT2D eigenvalue weighted by molar-refractivity contribution is -0.131. The minimum absolute atomic E-state index is 0.212. The Morgan fingerprint density at radius 2 is 1.92 bits per heavy atom. The van der Waals surface area contributed by atoms with Crippen LogP contribution in [0, 0.1) is 11.3 Å². The molecule has 36 heavy (non-hydrogen) atoms. The van der Waals surface area contributed by atoms with Crippen LogP contribution in [-0.2, 0) is 21.8 Å². The number of hydrogen-bond acceptors (Lipinski definition) is 7. The second kappa shape index (κ2) is 10.4. The summed E-state index contributed by atoms with van der Waals surface area (Å²) < 4.78 is 35.1. The van der Waals surface area contributed by atoms with Gasteiger partial charge in [0.2, 0.25) is 0 Å². The van der Waals surface area contributed by atoms with Crippen molar-refractivity contribution in [2.24, 2.45) is 7.05 Å². The second-order valence-corrected chi connectivity index (χ2v) is 10.8. The van der Waals surface area contributed by atoms with Crippen LogP contribution in [0.4, 0.5) is 5.69 Å². The standard InChI is InChI=1S/C26H30N4O5S/c1-29(2)20-7-6-17-12-19(5-4-18(17)13-20)23-9-8-21(30(23)3)14-22(15-27)36(33,34)28-16-25-26(32)24(31)10-11-35-25/h4-9,12-14,24-26,28,31-32H,10-11,16H2,1-3H3/b22-14+/t24-,25-,26+/m1/s1. The van der Waals surface area contributed by atoms with Crippen LogP contribution in [0.15, 0.2) is 53.4 Å². The highest BCUT2D eigenvalue weighted by Gasteiger charge is 2.32. The van der Waals surface area contributed by atoms with Crippen LogP contribution in [0.5, 0.6) is 0 Å². The molecule has 1 aliphatic heterocycles. The van der Waals surface area contributed by atoms with Gasteiger partial charge in [-0.15, -0.1) is 0 Å². The van der Waals surface area contributed by atoms with Gasteiger partial charge in [-0.05, 0) is 59.2 Å². The van der Waals surface area contributed by atoms with Crippen LogP contribution >= 0.6 is 0 Å². The molecule has 0 saturated carbocycles. The number of nitrogens with zero attached hydrogens (tertiary/aromatic N) is 3. The van der Waals surface area contributed by atoms with Gasteiger partial charge in [-0.25, -0.2) is 13.1 Å². The third kappa shape index (κ3) is 5.31. The SMILES string of the molecule is CN(C)c1ccc2cc(-c3ccc(/C=C(\C#N)S(=O)(=O)NC[C@H]4OCC[C@@H](O)[C@@H]4O)n3C)ccc2c1. The summed E-state index contributed by atoms with van der Waals surface area (Å²) in [5, 5.41) is 31.6. The molecular weight excluding hydrogens is 480 g/mol. The monoisotopic (exact) mass is 510 g/mol. The molecule has 1 aromatic heterocycles. The lowest BCUT2D eigenvalue weighted by Gasteiger charge is -2.31. The maximum Gasteiger partial charge on any atom is 0.250 e. The topological polar surface area (TPSA) is 128 Å². The Bertz CT molecular complexity index is 1440. The van der Waals surface area contributed by atoms with E-state index in [9.17, 15) is 23.9 Å². The molecule has 190 valence electrons. The van der Waals surface area contributed by atoms with Gasteiger partial charge in [-0.1, -0.05) is 18.2 Å². The summed E-state index contributed by atoms with van der Waals surface area (Å²) >= 11 is 0. The van der Waals surface area contributed by atoms with E-state index in [0.717, 1.165) is 27.7 Å². The Balaban J connectivity index is 1.56. The van der Waals surface area contributed by atoms with Crippen molar-refractivity contribution < 1.29 is 23.4 Å². The number of aromatic nitrogens is 1. The molecule has 0 amide bonds. The van der Waals surface area contributed by atoms with Crippen molar-refractivity contribution in [1.82, 2.24) is 9.29 Å². The van der Waals surface area contributed by atoms with Crippen LogP contribution < -0.4 is 9.62 Å². The summed E-state index contributed by atoms with van der Waals surface area (Å²) in [6.07, 6.45) is -1.50. The number of rotatable bonds is 7. The zero-order valence-corrected chi connectivity index (χ0v) is 21.2. The lowest BCUT2D eigenvalue weighted by atomic mass is 10.0. The van der Waals surface area contributed by atoms with Crippen molar-refractivity contribution in [1.29, 1.82) is 5.26 Å². The Morgan fingerprint density at radius 3 is 2.64 bits per heavy atom. The highest BCUT2D eigenvalue weighted by atomic mass is 32.2. The van der Waals surface area contributed by atoms with Gasteiger partial charge < -0.3 is 24.4 Å². The highest BCUT2D eigenvalue weighted by Crippen LogP contribution is 2.29. The van der Waals surface area contributed by atoms with Crippen molar-refractivity contribution in [3.63, 3.8) is 0 Å². The Labute approximate surface area is 210 Å². The third-order valence-corrected chi connectivity index (χ3v) is 7.81. The number of nitrogens with one attached hydrogen (secondary N) is 1. The highest BCUT2D eigenvalue weighted by molar-refractivity contribution is 7.93. The van der Waals surface area contributed by atoms with Crippen LogP contribution in [-0.4, -0.2) is 68.8 Å². The fraction of sp³-hybridized carbons (Fsp3) is 0.346. The van der Waals surface area contributed by atoms with E-state index in [1.807, 2.05) is 48.8 Å². The molecule has 2 heterocycles. The molecule has 3 aromatic rings. The van der Waals surface area contributed by atoms with Gasteiger partial charge in [0.1, 0.15) is 12.2 Å². The van der Waals surface area contributed by atoms with Gasteiger partial charge in [0, 0.05) is 51.4 Å². The van der Waals surface area contributed by atoms with Gasteiger partial charge in [0.05, 0.1) is 12.2 Å². The Morgan fingerprint density at radius 1 is 1.19 bits per heavy atom. The van der Waals surface area contributed by atoms with Crippen molar-refractivity contribution in [2.75, 3.05) is 32.1 Å². The summed E-state index contributed by atoms with van der Waals surface area (Å²) in [6.45, 7) is -0.0477. The minimum atomic E-state index is -4.16. The quantitative estimate of drug-likeness (QED) is 0.416. The van der Waals surface area contributed by atoms with E-state index >= 15 is 0 Å². The number of ether oxygens (including phenoxy) is 1. The molecular formula is C26H30N4O5S. The fourth-order valence-corrected chi connectivity index (χ4v) is 5.18. The molecule has 0 aliphatic carbocycles. The molecule has 3 N–H and O–H groups in total. The fourth-order valence-electron chi connectivity index (χ4n) is 4.24. The number of nitriles is 1. The summed E-state index contributed by atoms with van der Waals surface area (Å²) in [5.74, 6) is 0. The van der Waals surface area contributed by atoms with Gasteiger partial charge in [-0.2, -0.15) is 5.26 Å². The van der Waals surface area contributed by atoms with Crippen molar-refractivity contribution in [3.8, 4) is 17.3 Å². The lowest BCUT2D eigenvalue weighted by Crippen LogP contribution is -2.49. The number of benzene rings is 2. The van der Waals surface area contributed by atoms with Gasteiger partial charge in [0.25, 0.3) is 10.0 Å². The summed E-state index contributed by atoms with van der Waals surface area (Å²) in [4.78, 5) is 1.59. The van der Waals surface area contributed by atoms with Gasteiger partial charge in [0.15, 0.2) is 4.91 Å². The average molecular weight is 511 g/mol. The first-order chi connectivity index (χ1) is 17.1. The number of sulfonamides is 1.